The van der Waals surface area contributed by atoms with Crippen LogP contribution < -0.4 is 49.1 Å². The van der Waals surface area contributed by atoms with Crippen LogP contribution in [0, 0.1) is 0 Å². The molecule has 1 aromatic heterocycles. The number of guanidine groups is 1. The van der Waals surface area contributed by atoms with Crippen LogP contribution in [0.4, 0.5) is 0 Å². The van der Waals surface area contributed by atoms with Crippen LogP contribution in [0.3, 0.4) is 0 Å². The summed E-state index contributed by atoms with van der Waals surface area (Å²) in [5, 5.41) is 53.1. The third-order valence-corrected chi connectivity index (χ3v) is 13.5. The topological polar surface area (TPSA) is 507 Å². The highest BCUT2D eigenvalue weighted by atomic mass is 32.2. The number of hydrogen-bond donors (Lipinski definition) is 16. The molecule has 3 heterocycles. The van der Waals surface area contributed by atoms with Crippen molar-refractivity contribution in [2.45, 2.75) is 125 Å². The molecule has 2 aliphatic heterocycles. The number of aliphatic imine (C=N–C) groups is 1. The second-order valence-electron chi connectivity index (χ2n) is 17.7. The molecule has 2 saturated heterocycles. The highest BCUT2D eigenvalue weighted by molar-refractivity contribution is 7.98. The van der Waals surface area contributed by atoms with Crippen LogP contribution in [0.25, 0.3) is 0 Å². The van der Waals surface area contributed by atoms with Crippen molar-refractivity contribution in [3.63, 3.8) is 0 Å². The predicted octanol–water partition coefficient (Wildman–Crippen LogP) is -6.52. The van der Waals surface area contributed by atoms with E-state index in [-0.39, 0.29) is 82.7 Å². The summed E-state index contributed by atoms with van der Waals surface area (Å²) in [5.41, 5.74) is 17.1. The number of hydrogen-bond acceptors (Lipinski definition) is 17. The van der Waals surface area contributed by atoms with E-state index in [2.05, 4.69) is 46.9 Å². The van der Waals surface area contributed by atoms with Crippen LogP contribution in [-0.4, -0.2) is 221 Å². The molecule has 1 aromatic rings. The van der Waals surface area contributed by atoms with Gasteiger partial charge in [0.2, 0.25) is 47.3 Å². The molecule has 75 heavy (non-hydrogen) atoms. The summed E-state index contributed by atoms with van der Waals surface area (Å²) in [6.45, 7) is -2.11. The Morgan fingerprint density at radius 1 is 0.747 bits per heavy atom. The molecule has 31 nitrogen and oxygen atoms in total. The SMILES string of the molecule is CSCC[C@H](NC(=O)[C@H](CO)NC(=O)[C@H](Cc1cnc[nH]1)NC(=O)[C@H](CO)NC(=O)[C@@H]1CCCN1C(=O)[C@H](CCP(=O)(O)O)NC(=O)[C@H](CCCN=C(N)N)NC(=O)[C@@H]1CCCN1C(=O)[C@@H](N)CCC(=O)O)C(=O)O. The molecule has 0 spiro atoms. The van der Waals surface area contributed by atoms with Crippen molar-refractivity contribution >= 4 is 84.5 Å². The lowest BCUT2D eigenvalue weighted by molar-refractivity contribution is -0.143. The normalized spacial score (nSPS) is 18.2. The highest BCUT2D eigenvalue weighted by Crippen LogP contribution is 2.36. The maximum atomic E-state index is 14.3. The van der Waals surface area contributed by atoms with Gasteiger partial charge in [0.15, 0.2) is 5.96 Å². The van der Waals surface area contributed by atoms with Gasteiger partial charge in [-0.2, -0.15) is 11.8 Å². The van der Waals surface area contributed by atoms with Crippen LogP contribution in [-0.2, 0) is 58.9 Å². The number of aromatic amines is 1. The number of aliphatic hydroxyl groups excluding tert-OH is 2. The summed E-state index contributed by atoms with van der Waals surface area (Å²) in [5.74, 6) is -10.2. The fourth-order valence-electron chi connectivity index (χ4n) is 8.08. The van der Waals surface area contributed by atoms with E-state index in [4.69, 9.17) is 22.3 Å². The Morgan fingerprint density at radius 3 is 1.79 bits per heavy atom. The predicted molar refractivity (Wildman–Crippen MR) is 264 cm³/mol. The van der Waals surface area contributed by atoms with E-state index in [9.17, 15) is 77.6 Å². The Hall–Kier alpha value is -6.44. The van der Waals surface area contributed by atoms with E-state index in [0.29, 0.717) is 12.2 Å². The number of aromatic nitrogens is 2. The summed E-state index contributed by atoms with van der Waals surface area (Å²) in [6, 6.07) is -13.4. The number of H-pyrrole nitrogens is 1. The molecule has 3 rings (SSSR count). The first-order valence-corrected chi connectivity index (χ1v) is 27.0. The van der Waals surface area contributed by atoms with Crippen molar-refractivity contribution in [1.82, 2.24) is 51.7 Å². The van der Waals surface area contributed by atoms with Gasteiger partial charge in [0.25, 0.3) is 0 Å². The minimum Gasteiger partial charge on any atom is -0.481 e. The Morgan fingerprint density at radius 2 is 1.27 bits per heavy atom. The van der Waals surface area contributed by atoms with E-state index in [1.165, 1.54) is 29.2 Å². The number of nitrogens with two attached hydrogens (primary N) is 3. The maximum Gasteiger partial charge on any atom is 0.326 e. The Kier molecular flexibility index (Phi) is 25.8. The van der Waals surface area contributed by atoms with Crippen LogP contribution in [0.15, 0.2) is 17.5 Å². The second kappa shape index (κ2) is 30.8. The molecule has 2 aliphatic rings. The van der Waals surface area contributed by atoms with Crippen molar-refractivity contribution in [2.24, 2.45) is 22.2 Å². The number of nitrogens with zero attached hydrogens (tertiary/aromatic N) is 4. The maximum absolute atomic E-state index is 14.3. The molecule has 33 heteroatoms. The van der Waals surface area contributed by atoms with Gasteiger partial charge in [-0.05, 0) is 69.8 Å². The van der Waals surface area contributed by atoms with E-state index < -0.39 is 153 Å². The van der Waals surface area contributed by atoms with Gasteiger partial charge in [-0.3, -0.25) is 52.7 Å². The minimum atomic E-state index is -4.85. The molecule has 420 valence electrons. The fraction of sp³-hybridized carbons (Fsp3) is 0.667. The average molecular weight is 1110 g/mol. The lowest BCUT2D eigenvalue weighted by Gasteiger charge is -2.31. The molecule has 0 aliphatic carbocycles. The number of carboxylic acid groups (broad SMARTS) is 2. The van der Waals surface area contributed by atoms with Crippen LogP contribution >= 0.6 is 19.4 Å². The van der Waals surface area contributed by atoms with E-state index in [1.807, 2.05) is 0 Å². The molecule has 19 N–H and O–H groups in total. The van der Waals surface area contributed by atoms with Crippen molar-refractivity contribution in [3.05, 3.63) is 18.2 Å². The molecule has 0 saturated carbocycles. The van der Waals surface area contributed by atoms with Gasteiger partial charge in [-0.1, -0.05) is 0 Å². The average Bonchev–Trinajstić information content (AvgIpc) is 4.17. The molecule has 0 radical (unpaired) electrons. The van der Waals surface area contributed by atoms with Crippen molar-refractivity contribution < 1.29 is 82.7 Å². The van der Waals surface area contributed by atoms with Gasteiger partial charge in [-0.15, -0.1) is 0 Å². The first kappa shape index (κ1) is 62.9. The van der Waals surface area contributed by atoms with Crippen LogP contribution in [0.1, 0.15) is 69.9 Å². The summed E-state index contributed by atoms with van der Waals surface area (Å²) in [4.78, 5) is 165. The number of carboxylic acids is 2. The monoisotopic (exact) mass is 1100 g/mol. The first-order chi connectivity index (χ1) is 35.4. The molecule has 0 bridgehead atoms. The van der Waals surface area contributed by atoms with E-state index in [0.717, 1.165) is 4.90 Å². The highest BCUT2D eigenvalue weighted by Gasteiger charge is 2.42. The molecule has 8 amide bonds. The number of aliphatic hydroxyl groups is 2. The number of nitrogens with one attached hydrogen (secondary N) is 7. The van der Waals surface area contributed by atoms with Gasteiger partial charge in [-0.25, -0.2) is 9.78 Å². The smallest absolute Gasteiger partial charge is 0.326 e. The van der Waals surface area contributed by atoms with Gasteiger partial charge >= 0.3 is 19.5 Å². The number of carbonyl (C=O) groups excluding carboxylic acids is 8. The second-order valence-corrected chi connectivity index (χ2v) is 20.4. The molecule has 2 fully saturated rings. The summed E-state index contributed by atoms with van der Waals surface area (Å²) < 4.78 is 12.1. The number of thioether (sulfide) groups is 1. The number of amides is 8. The lowest BCUT2D eigenvalue weighted by atomic mass is 10.1. The van der Waals surface area contributed by atoms with E-state index in [1.54, 1.807) is 6.26 Å². The Bertz CT molecular complexity index is 2240. The quantitative estimate of drug-likeness (QED) is 0.0138. The Balaban J connectivity index is 1.82. The summed E-state index contributed by atoms with van der Waals surface area (Å²) in [7, 11) is -4.85. The molecular weight excluding hydrogens is 1040 g/mol. The number of likely N-dealkylation sites (tertiary alicyclic amines) is 2. The van der Waals surface area contributed by atoms with Crippen molar-refractivity contribution in [2.75, 3.05) is 51.0 Å². The molecule has 0 aromatic carbocycles. The van der Waals surface area contributed by atoms with Crippen molar-refractivity contribution in [3.8, 4) is 0 Å². The first-order valence-electron chi connectivity index (χ1n) is 23.8. The molecular formula is C42H69N14O17PS. The molecule has 0 unspecified atom stereocenters. The fourth-order valence-corrected chi connectivity index (χ4v) is 9.15. The zero-order valence-electron chi connectivity index (χ0n) is 41.1. The summed E-state index contributed by atoms with van der Waals surface area (Å²) >= 11 is 1.32. The standard InChI is InChI=1S/C42H69N14O17PS/c1-75-16-11-26(41(69)70)51-35(63)28(19-57)53-34(62)27(17-22-18-46-21-48-22)52-36(64)29(20-58)54-38(66)31-7-4-14-56(31)40(68)25(10-15-74(71,72)73)50-33(61)24(5-2-12-47-42(44)45)49-37(65)30-6-3-13-55(30)39(67)23(43)8-9-32(59)60/h18,21,23-31,57-58H,2-17,19-20,43H2,1H3,(H,46,48)(H,49,65)(H,50,61)(H,51,63)(H,52,64)(H,53,62)(H,54,66)(H,59,60)(H,69,70)(H4,44,45,47)(H2,71,72,73)/t23-,24-,25-,26-,27-,28-,29-,30-,31-/m0/s1. The zero-order valence-corrected chi connectivity index (χ0v) is 42.8. The third-order valence-electron chi connectivity index (χ3n) is 12.0. The van der Waals surface area contributed by atoms with Crippen molar-refractivity contribution in [1.29, 1.82) is 0 Å². The van der Waals surface area contributed by atoms with Gasteiger partial charge in [0.1, 0.15) is 48.3 Å². The lowest BCUT2D eigenvalue weighted by Crippen LogP contribution is -2.61. The number of carbonyl (C=O) groups is 10. The number of rotatable bonds is 32. The summed E-state index contributed by atoms with van der Waals surface area (Å²) in [6.07, 6.45) is 2.34. The van der Waals surface area contributed by atoms with Crippen LogP contribution in [0.5, 0.6) is 0 Å². The Labute approximate surface area is 434 Å². The largest absolute Gasteiger partial charge is 0.481 e. The third kappa shape index (κ3) is 20.7. The molecule has 9 atom stereocenters. The van der Waals surface area contributed by atoms with Crippen LogP contribution in [0.2, 0.25) is 0 Å². The van der Waals surface area contributed by atoms with Gasteiger partial charge in [0.05, 0.1) is 31.7 Å². The van der Waals surface area contributed by atoms with E-state index >= 15 is 0 Å². The van der Waals surface area contributed by atoms with Gasteiger partial charge in [0, 0.05) is 44.4 Å². The minimum absolute atomic E-state index is 0.0248. The number of aliphatic carboxylic acids is 2. The number of imidazole rings is 1. The van der Waals surface area contributed by atoms with Gasteiger partial charge < -0.3 is 94.1 Å². The zero-order chi connectivity index (χ0) is 56.0.